The summed E-state index contributed by atoms with van der Waals surface area (Å²) in [5.41, 5.74) is 1.41. The van der Waals surface area contributed by atoms with Crippen LogP contribution in [0.25, 0.3) is 0 Å². The predicted octanol–water partition coefficient (Wildman–Crippen LogP) is 3.22. The highest BCUT2D eigenvalue weighted by atomic mass is 32.2. The van der Waals surface area contributed by atoms with E-state index in [1.54, 1.807) is 12.1 Å². The Hall–Kier alpha value is -1.64. The van der Waals surface area contributed by atoms with E-state index in [1.807, 2.05) is 19.9 Å². The van der Waals surface area contributed by atoms with Crippen molar-refractivity contribution in [2.24, 2.45) is 0 Å². The molecule has 2 fully saturated rings. The van der Waals surface area contributed by atoms with Crippen molar-refractivity contribution in [2.45, 2.75) is 63.4 Å². The van der Waals surface area contributed by atoms with Gasteiger partial charge in [0.2, 0.25) is 15.9 Å². The molecule has 29 heavy (non-hydrogen) atoms. The molecule has 162 valence electrons. The zero-order valence-electron chi connectivity index (χ0n) is 17.5. The molecule has 1 aromatic carbocycles. The van der Waals surface area contributed by atoms with Crippen LogP contribution in [0.1, 0.15) is 52.4 Å². The second kappa shape index (κ2) is 9.91. The van der Waals surface area contributed by atoms with Crippen LogP contribution >= 0.6 is 0 Å². The van der Waals surface area contributed by atoms with Crippen LogP contribution in [0.2, 0.25) is 0 Å². The van der Waals surface area contributed by atoms with Crippen LogP contribution < -0.4 is 10.2 Å². The summed E-state index contributed by atoms with van der Waals surface area (Å²) in [5.74, 6) is -0.241. The molecule has 0 spiro atoms. The quantitative estimate of drug-likeness (QED) is 0.660. The summed E-state index contributed by atoms with van der Waals surface area (Å²) in [5, 5.41) is 2.91. The topological polar surface area (TPSA) is 79.0 Å². The number of amides is 1. The molecule has 3 rings (SSSR count). The van der Waals surface area contributed by atoms with E-state index in [2.05, 4.69) is 10.2 Å². The van der Waals surface area contributed by atoms with E-state index in [4.69, 9.17) is 4.74 Å². The number of carbonyl (C=O) groups excluding carboxylic acids is 1. The van der Waals surface area contributed by atoms with E-state index < -0.39 is 10.0 Å². The fourth-order valence-electron chi connectivity index (χ4n) is 4.16. The SMILES string of the molecule is CCN(CC)S(=O)(=O)c1ccc(N2CCCC2)c(NC(=O)COC2CCCC2)c1. The molecule has 8 heteroatoms. The van der Waals surface area contributed by atoms with Gasteiger partial charge in [-0.2, -0.15) is 4.31 Å². The summed E-state index contributed by atoms with van der Waals surface area (Å²) >= 11 is 0. The first-order valence-corrected chi connectivity index (χ1v) is 12.2. The largest absolute Gasteiger partial charge is 0.370 e. The maximum Gasteiger partial charge on any atom is 0.250 e. The predicted molar refractivity (Wildman–Crippen MR) is 115 cm³/mol. The van der Waals surface area contributed by atoms with Gasteiger partial charge in [0.15, 0.2) is 0 Å². The Morgan fingerprint density at radius 1 is 1.14 bits per heavy atom. The lowest BCUT2D eigenvalue weighted by Gasteiger charge is -2.24. The summed E-state index contributed by atoms with van der Waals surface area (Å²) in [6.07, 6.45) is 6.66. The van der Waals surface area contributed by atoms with Crippen molar-refractivity contribution in [1.82, 2.24) is 4.31 Å². The average molecular weight is 424 g/mol. The number of rotatable bonds is 9. The molecule has 1 amide bonds. The molecular weight excluding hydrogens is 390 g/mol. The molecule has 1 aromatic rings. The maximum absolute atomic E-state index is 12.9. The van der Waals surface area contributed by atoms with E-state index in [0.717, 1.165) is 57.3 Å². The van der Waals surface area contributed by atoms with Crippen LogP contribution in [-0.4, -0.2) is 57.5 Å². The number of nitrogens with zero attached hydrogens (tertiary/aromatic N) is 2. The van der Waals surface area contributed by atoms with E-state index in [1.165, 1.54) is 4.31 Å². The average Bonchev–Trinajstić information content (AvgIpc) is 3.41. The van der Waals surface area contributed by atoms with Gasteiger partial charge in [-0.25, -0.2) is 8.42 Å². The molecule has 1 aliphatic carbocycles. The minimum Gasteiger partial charge on any atom is -0.370 e. The lowest BCUT2D eigenvalue weighted by molar-refractivity contribution is -0.122. The molecule has 2 aliphatic rings. The molecule has 7 nitrogen and oxygen atoms in total. The third-order valence-corrected chi connectivity index (χ3v) is 7.83. The van der Waals surface area contributed by atoms with Gasteiger partial charge in [-0.05, 0) is 43.9 Å². The van der Waals surface area contributed by atoms with Gasteiger partial charge in [-0.15, -0.1) is 0 Å². The first kappa shape index (κ1) is 22.1. The van der Waals surface area contributed by atoms with Crippen LogP contribution in [-0.2, 0) is 19.6 Å². The third-order valence-electron chi connectivity index (χ3n) is 5.78. The van der Waals surface area contributed by atoms with Crippen LogP contribution in [0.15, 0.2) is 23.1 Å². The number of hydrogen-bond acceptors (Lipinski definition) is 5. The monoisotopic (exact) mass is 423 g/mol. The standard InChI is InChI=1S/C21H33N3O4S/c1-3-24(4-2)29(26,27)18-11-12-20(23-13-7-8-14-23)19(15-18)22-21(25)16-28-17-9-5-6-10-17/h11-12,15,17H,3-10,13-14,16H2,1-2H3,(H,22,25). The number of nitrogens with one attached hydrogen (secondary N) is 1. The van der Waals surface area contributed by atoms with Crippen LogP contribution in [0.5, 0.6) is 0 Å². The zero-order chi connectivity index (χ0) is 20.9. The van der Waals surface area contributed by atoms with Gasteiger partial charge in [-0.1, -0.05) is 26.7 Å². The van der Waals surface area contributed by atoms with Gasteiger partial charge in [0.25, 0.3) is 0 Å². The number of anilines is 2. The lowest BCUT2D eigenvalue weighted by atomic mass is 10.2. The van der Waals surface area contributed by atoms with E-state index in [-0.39, 0.29) is 23.5 Å². The first-order chi connectivity index (χ1) is 14.0. The minimum atomic E-state index is -3.59. The van der Waals surface area contributed by atoms with Gasteiger partial charge < -0.3 is 15.0 Å². The molecular formula is C21H33N3O4S. The highest BCUT2D eigenvalue weighted by molar-refractivity contribution is 7.89. The molecule has 0 unspecified atom stereocenters. The highest BCUT2D eigenvalue weighted by Gasteiger charge is 2.25. The molecule has 1 saturated heterocycles. The van der Waals surface area contributed by atoms with Crippen molar-refractivity contribution in [2.75, 3.05) is 43.0 Å². The van der Waals surface area contributed by atoms with Gasteiger partial charge >= 0.3 is 0 Å². The third kappa shape index (κ3) is 5.29. The molecule has 0 aromatic heterocycles. The molecule has 0 atom stereocenters. The van der Waals surface area contributed by atoms with E-state index >= 15 is 0 Å². The zero-order valence-corrected chi connectivity index (χ0v) is 18.3. The second-order valence-electron chi connectivity index (χ2n) is 7.73. The molecule has 1 saturated carbocycles. The summed E-state index contributed by atoms with van der Waals surface area (Å²) < 4.78 is 33.0. The van der Waals surface area contributed by atoms with E-state index in [9.17, 15) is 13.2 Å². The summed E-state index contributed by atoms with van der Waals surface area (Å²) in [6.45, 7) is 6.27. The number of benzene rings is 1. The lowest BCUT2D eigenvalue weighted by Crippen LogP contribution is -2.31. The van der Waals surface area contributed by atoms with Crippen molar-refractivity contribution >= 4 is 27.3 Å². The molecule has 1 N–H and O–H groups in total. The first-order valence-electron chi connectivity index (χ1n) is 10.8. The van der Waals surface area contributed by atoms with Crippen molar-refractivity contribution < 1.29 is 17.9 Å². The Balaban J connectivity index is 1.81. The van der Waals surface area contributed by atoms with Gasteiger partial charge in [0.1, 0.15) is 6.61 Å². The van der Waals surface area contributed by atoms with Crippen molar-refractivity contribution in [3.05, 3.63) is 18.2 Å². The second-order valence-corrected chi connectivity index (χ2v) is 9.67. The van der Waals surface area contributed by atoms with Gasteiger partial charge in [0, 0.05) is 26.2 Å². The van der Waals surface area contributed by atoms with Crippen LogP contribution in [0.4, 0.5) is 11.4 Å². The fraction of sp³-hybridized carbons (Fsp3) is 0.667. The van der Waals surface area contributed by atoms with Crippen LogP contribution in [0, 0.1) is 0 Å². The Labute approximate surface area is 174 Å². The van der Waals surface area contributed by atoms with Crippen molar-refractivity contribution in [3.8, 4) is 0 Å². The van der Waals surface area contributed by atoms with Crippen LogP contribution in [0.3, 0.4) is 0 Å². The van der Waals surface area contributed by atoms with Crippen molar-refractivity contribution in [1.29, 1.82) is 0 Å². The molecule has 1 aliphatic heterocycles. The Morgan fingerprint density at radius 3 is 2.41 bits per heavy atom. The Bertz CT molecular complexity index is 796. The number of ether oxygens (including phenoxy) is 1. The van der Waals surface area contributed by atoms with E-state index in [0.29, 0.717) is 18.8 Å². The molecule has 0 bridgehead atoms. The number of sulfonamides is 1. The summed E-state index contributed by atoms with van der Waals surface area (Å²) in [7, 11) is -3.59. The Kier molecular flexibility index (Phi) is 7.54. The smallest absolute Gasteiger partial charge is 0.250 e. The number of hydrogen-bond donors (Lipinski definition) is 1. The minimum absolute atomic E-state index is 0.00285. The highest BCUT2D eigenvalue weighted by Crippen LogP contribution is 2.32. The maximum atomic E-state index is 12.9. The van der Waals surface area contributed by atoms with Gasteiger partial charge in [-0.3, -0.25) is 4.79 Å². The molecule has 0 radical (unpaired) electrons. The number of carbonyl (C=O) groups is 1. The Morgan fingerprint density at radius 2 is 1.79 bits per heavy atom. The van der Waals surface area contributed by atoms with Gasteiger partial charge in [0.05, 0.1) is 22.4 Å². The summed E-state index contributed by atoms with van der Waals surface area (Å²) in [4.78, 5) is 14.9. The molecule has 1 heterocycles. The summed E-state index contributed by atoms with van der Waals surface area (Å²) in [6, 6.07) is 5.05. The normalized spacial score (nSPS) is 18.0. The van der Waals surface area contributed by atoms with Crippen molar-refractivity contribution in [3.63, 3.8) is 0 Å². The fourth-order valence-corrected chi connectivity index (χ4v) is 5.64.